The molecule has 1 unspecified atom stereocenters. The van der Waals surface area contributed by atoms with E-state index in [-0.39, 0.29) is 30.0 Å². The Balaban J connectivity index is 1.60. The lowest BCUT2D eigenvalue weighted by Crippen LogP contribution is -2.47. The molecule has 1 N–H and O–H groups in total. The van der Waals surface area contributed by atoms with Crippen LogP contribution in [-0.2, 0) is 11.3 Å². The van der Waals surface area contributed by atoms with Gasteiger partial charge >= 0.3 is 17.5 Å². The van der Waals surface area contributed by atoms with Crippen LogP contribution in [0, 0.1) is 6.92 Å². The molecule has 0 aliphatic carbocycles. The van der Waals surface area contributed by atoms with Crippen molar-refractivity contribution in [3.63, 3.8) is 0 Å². The normalized spacial score (nSPS) is 15.2. The highest BCUT2D eigenvalue weighted by atomic mass is 16.5. The Labute approximate surface area is 201 Å². The predicted molar refractivity (Wildman–Crippen MR) is 127 cm³/mol. The first-order valence-corrected chi connectivity index (χ1v) is 11.7. The fourth-order valence-electron chi connectivity index (χ4n) is 3.82. The molecule has 12 nitrogen and oxygen atoms in total. The molecule has 0 saturated carbocycles. The quantitative estimate of drug-likeness (QED) is 0.488. The van der Waals surface area contributed by atoms with Crippen LogP contribution in [0.2, 0.25) is 0 Å². The second-order valence-corrected chi connectivity index (χ2v) is 8.34. The van der Waals surface area contributed by atoms with Gasteiger partial charge in [-0.25, -0.2) is 4.79 Å². The number of carbonyl (C=O) groups is 1. The summed E-state index contributed by atoms with van der Waals surface area (Å²) < 4.78 is 12.7. The molecule has 2 aromatic heterocycles. The number of nitrogens with one attached hydrogen (secondary N) is 1. The fourth-order valence-corrected chi connectivity index (χ4v) is 3.82. The van der Waals surface area contributed by atoms with E-state index in [0.29, 0.717) is 31.9 Å². The SMILES string of the molecule is CCC(CN1CCOCC1)NC(=O)c1nc(-c2nn(-c3ccc(C)cc3)c(=O)n(CC)c2=O)no1. The third kappa shape index (κ3) is 5.38. The molecule has 1 aromatic carbocycles. The lowest BCUT2D eigenvalue weighted by molar-refractivity contribution is 0.0330. The standard InChI is InChI=1S/C23H29N7O5/c1-4-16(14-28-10-12-34-13-11-28)24-20(31)21-25-19(27-35-21)18-22(32)29(5-2)23(33)30(26-18)17-8-6-15(3)7-9-17/h6-9,16H,4-5,10-14H2,1-3H3,(H,24,31). The van der Waals surface area contributed by atoms with E-state index in [4.69, 9.17) is 9.26 Å². The van der Waals surface area contributed by atoms with Crippen molar-refractivity contribution < 1.29 is 14.1 Å². The Morgan fingerprint density at radius 3 is 2.51 bits per heavy atom. The maximum Gasteiger partial charge on any atom is 0.352 e. The Morgan fingerprint density at radius 2 is 1.86 bits per heavy atom. The van der Waals surface area contributed by atoms with Crippen LogP contribution < -0.4 is 16.6 Å². The van der Waals surface area contributed by atoms with Crippen LogP contribution >= 0.6 is 0 Å². The van der Waals surface area contributed by atoms with Crippen molar-refractivity contribution in [3.05, 3.63) is 56.6 Å². The number of ether oxygens (including phenoxy) is 1. The number of nitrogens with zero attached hydrogens (tertiary/aromatic N) is 6. The highest BCUT2D eigenvalue weighted by Gasteiger charge is 2.24. The molecule has 12 heteroatoms. The summed E-state index contributed by atoms with van der Waals surface area (Å²) in [6.45, 7) is 9.35. The minimum Gasteiger partial charge on any atom is -0.379 e. The lowest BCUT2D eigenvalue weighted by atomic mass is 10.2. The first kappa shape index (κ1) is 24.5. The van der Waals surface area contributed by atoms with Gasteiger partial charge in [0.05, 0.1) is 18.9 Å². The summed E-state index contributed by atoms with van der Waals surface area (Å²) in [6, 6.07) is 7.01. The number of amides is 1. The minimum atomic E-state index is -0.660. The molecular formula is C23H29N7O5. The largest absolute Gasteiger partial charge is 0.379 e. The number of rotatable bonds is 8. The van der Waals surface area contributed by atoms with E-state index in [1.54, 1.807) is 19.1 Å². The van der Waals surface area contributed by atoms with Gasteiger partial charge in [-0.2, -0.15) is 14.8 Å². The minimum absolute atomic E-state index is 0.116. The van der Waals surface area contributed by atoms with Gasteiger partial charge in [0.25, 0.3) is 5.56 Å². The van der Waals surface area contributed by atoms with Gasteiger partial charge in [-0.3, -0.25) is 19.1 Å². The van der Waals surface area contributed by atoms with E-state index in [0.717, 1.165) is 27.9 Å². The number of aryl methyl sites for hydroxylation is 1. The number of carbonyl (C=O) groups excluding carboxylic acids is 1. The van der Waals surface area contributed by atoms with Gasteiger partial charge in [-0.15, -0.1) is 0 Å². The molecule has 35 heavy (non-hydrogen) atoms. The first-order valence-electron chi connectivity index (χ1n) is 11.7. The molecule has 0 spiro atoms. The van der Waals surface area contributed by atoms with Crippen molar-refractivity contribution in [1.82, 2.24) is 34.7 Å². The van der Waals surface area contributed by atoms with Gasteiger partial charge in [0.15, 0.2) is 5.69 Å². The average Bonchev–Trinajstić information content (AvgIpc) is 3.36. The van der Waals surface area contributed by atoms with Crippen LogP contribution in [0.25, 0.3) is 17.2 Å². The first-order chi connectivity index (χ1) is 16.9. The Hall–Kier alpha value is -3.64. The van der Waals surface area contributed by atoms with Crippen LogP contribution in [0.4, 0.5) is 0 Å². The third-order valence-corrected chi connectivity index (χ3v) is 5.90. The molecule has 1 aliphatic heterocycles. The molecule has 1 fully saturated rings. The smallest absolute Gasteiger partial charge is 0.352 e. The Kier molecular flexibility index (Phi) is 7.51. The second-order valence-electron chi connectivity index (χ2n) is 8.34. The van der Waals surface area contributed by atoms with Gasteiger partial charge in [-0.1, -0.05) is 29.8 Å². The van der Waals surface area contributed by atoms with Gasteiger partial charge < -0.3 is 14.6 Å². The fraction of sp³-hybridized carbons (Fsp3) is 0.478. The van der Waals surface area contributed by atoms with E-state index in [1.165, 1.54) is 0 Å². The molecule has 4 rings (SSSR count). The number of morpholine rings is 1. The molecule has 3 heterocycles. The number of aromatic nitrogens is 5. The lowest BCUT2D eigenvalue weighted by Gasteiger charge is -2.30. The monoisotopic (exact) mass is 483 g/mol. The molecular weight excluding hydrogens is 454 g/mol. The topological polar surface area (TPSA) is 137 Å². The number of benzene rings is 1. The summed E-state index contributed by atoms with van der Waals surface area (Å²) in [4.78, 5) is 44.9. The van der Waals surface area contributed by atoms with Gasteiger partial charge in [0, 0.05) is 32.2 Å². The molecule has 1 amide bonds. The van der Waals surface area contributed by atoms with Gasteiger partial charge in [0.1, 0.15) is 0 Å². The third-order valence-electron chi connectivity index (χ3n) is 5.90. The van der Waals surface area contributed by atoms with Crippen molar-refractivity contribution in [3.8, 4) is 17.2 Å². The van der Waals surface area contributed by atoms with Crippen LogP contribution in [0.3, 0.4) is 0 Å². The van der Waals surface area contributed by atoms with Crippen molar-refractivity contribution in [2.75, 3.05) is 32.8 Å². The van der Waals surface area contributed by atoms with Crippen molar-refractivity contribution in [2.24, 2.45) is 0 Å². The van der Waals surface area contributed by atoms with E-state index < -0.39 is 17.2 Å². The highest BCUT2D eigenvalue weighted by molar-refractivity contribution is 5.90. The molecule has 3 aromatic rings. The molecule has 0 radical (unpaired) electrons. The van der Waals surface area contributed by atoms with Crippen LogP contribution in [0.15, 0.2) is 38.4 Å². The summed E-state index contributed by atoms with van der Waals surface area (Å²) in [5, 5.41) is 10.9. The van der Waals surface area contributed by atoms with Crippen LogP contribution in [0.5, 0.6) is 0 Å². The number of hydrogen-bond acceptors (Lipinski definition) is 9. The predicted octanol–water partition coefficient (Wildman–Crippen LogP) is 0.613. The zero-order chi connectivity index (χ0) is 24.9. The van der Waals surface area contributed by atoms with Crippen molar-refractivity contribution in [1.29, 1.82) is 0 Å². The van der Waals surface area contributed by atoms with E-state index in [9.17, 15) is 14.4 Å². The summed E-state index contributed by atoms with van der Waals surface area (Å²) >= 11 is 0. The maximum atomic E-state index is 12.9. The Bertz CT molecular complexity index is 1290. The van der Waals surface area contributed by atoms with Gasteiger partial charge in [-0.05, 0) is 32.4 Å². The average molecular weight is 484 g/mol. The zero-order valence-electron chi connectivity index (χ0n) is 20.1. The van der Waals surface area contributed by atoms with E-state index >= 15 is 0 Å². The highest BCUT2D eigenvalue weighted by Crippen LogP contribution is 2.11. The molecule has 1 aliphatic rings. The summed E-state index contributed by atoms with van der Waals surface area (Å²) in [7, 11) is 0. The summed E-state index contributed by atoms with van der Waals surface area (Å²) in [5.74, 6) is -0.978. The zero-order valence-corrected chi connectivity index (χ0v) is 20.1. The number of hydrogen-bond donors (Lipinski definition) is 1. The molecule has 1 atom stereocenters. The summed E-state index contributed by atoms with van der Waals surface area (Å²) in [6.07, 6.45) is 0.717. The van der Waals surface area contributed by atoms with Gasteiger partial charge in [0.2, 0.25) is 5.82 Å². The molecule has 0 bridgehead atoms. The summed E-state index contributed by atoms with van der Waals surface area (Å²) in [5.41, 5.74) is 0.0705. The van der Waals surface area contributed by atoms with E-state index in [1.807, 2.05) is 26.0 Å². The maximum absolute atomic E-state index is 12.9. The van der Waals surface area contributed by atoms with Crippen molar-refractivity contribution >= 4 is 5.91 Å². The van der Waals surface area contributed by atoms with Crippen molar-refractivity contribution in [2.45, 2.75) is 39.8 Å². The second kappa shape index (κ2) is 10.7. The Morgan fingerprint density at radius 1 is 1.14 bits per heavy atom. The molecule has 1 saturated heterocycles. The molecule has 186 valence electrons. The van der Waals surface area contributed by atoms with Crippen LogP contribution in [-0.4, -0.2) is 74.2 Å². The van der Waals surface area contributed by atoms with E-state index in [2.05, 4.69) is 25.5 Å². The van der Waals surface area contributed by atoms with Crippen LogP contribution in [0.1, 0.15) is 36.5 Å².